The maximum absolute atomic E-state index is 5.41. The number of para-hydroxylation sites is 4. The molecule has 4 heterocycles. The number of rotatable bonds is 4. The smallest absolute Gasteiger partial charge is 0.235 e. The van der Waals surface area contributed by atoms with Crippen LogP contribution in [-0.4, -0.2) is 24.5 Å². The highest BCUT2D eigenvalue weighted by Gasteiger charge is 2.39. The lowest BCUT2D eigenvalue weighted by Gasteiger charge is -2.41. The van der Waals surface area contributed by atoms with Crippen LogP contribution in [0.25, 0.3) is 72.1 Å². The minimum Gasteiger partial charge on any atom is -0.278 e. The topological polar surface area (TPSA) is 59.7 Å². The molecule has 0 radical (unpaired) electrons. The summed E-state index contributed by atoms with van der Waals surface area (Å²) in [5.74, 6) is 1.25. The van der Waals surface area contributed by atoms with Gasteiger partial charge in [-0.05, 0) is 47.5 Å². The van der Waals surface area contributed by atoms with Crippen LogP contribution in [0.5, 0.6) is 0 Å². The van der Waals surface area contributed by atoms with E-state index < -0.39 is 0 Å². The van der Waals surface area contributed by atoms with Crippen molar-refractivity contribution in [3.8, 4) is 28.5 Å². The predicted molar refractivity (Wildman–Crippen MR) is 225 cm³/mol. The average molecular weight is 707 g/mol. The number of anilines is 3. The molecule has 55 heavy (non-hydrogen) atoms. The fraction of sp³-hybridized carbons (Fsp3) is 0.0612. The Kier molecular flexibility index (Phi) is 6.79. The standard InChI is InChI=1S/C49H34N6/c1-49(2)37-24-12-16-28-42(37)55(48-51-40-26-14-10-23-35(40)46(53-48)32-19-7-4-8-20-32)44-30-43-36(29-38(44)49)33-21-11-15-27-41(33)54(43)47-50-39-25-13-9-22-34(39)45(52-47)31-17-5-3-6-18-31/h3-30H,1-2H3. The second kappa shape index (κ2) is 11.9. The molecule has 0 bridgehead atoms. The third kappa shape index (κ3) is 4.74. The highest BCUT2D eigenvalue weighted by molar-refractivity contribution is 6.11. The first-order valence-corrected chi connectivity index (χ1v) is 18.7. The van der Waals surface area contributed by atoms with Crippen LogP contribution in [0.2, 0.25) is 0 Å². The Bertz CT molecular complexity index is 3130. The third-order valence-corrected chi connectivity index (χ3v) is 11.2. The van der Waals surface area contributed by atoms with Gasteiger partial charge in [0.2, 0.25) is 11.9 Å². The maximum Gasteiger partial charge on any atom is 0.235 e. The molecule has 10 aromatic rings. The van der Waals surface area contributed by atoms with E-state index in [1.54, 1.807) is 0 Å². The summed E-state index contributed by atoms with van der Waals surface area (Å²) >= 11 is 0. The van der Waals surface area contributed by atoms with E-state index in [-0.39, 0.29) is 5.41 Å². The molecule has 11 rings (SSSR count). The van der Waals surface area contributed by atoms with Crippen molar-refractivity contribution in [2.24, 2.45) is 0 Å². The Balaban J connectivity index is 1.23. The van der Waals surface area contributed by atoms with Gasteiger partial charge in [0.05, 0.1) is 44.8 Å². The van der Waals surface area contributed by atoms with Gasteiger partial charge in [0.1, 0.15) is 0 Å². The summed E-state index contributed by atoms with van der Waals surface area (Å²) in [5, 5.41) is 4.32. The normalized spacial score (nSPS) is 13.4. The maximum atomic E-state index is 5.41. The lowest BCUT2D eigenvalue weighted by atomic mass is 9.73. The first-order valence-electron chi connectivity index (χ1n) is 18.7. The molecule has 7 aromatic carbocycles. The zero-order valence-corrected chi connectivity index (χ0v) is 30.3. The van der Waals surface area contributed by atoms with Crippen molar-refractivity contribution in [1.29, 1.82) is 0 Å². The minimum atomic E-state index is -0.321. The van der Waals surface area contributed by atoms with E-state index in [0.717, 1.165) is 77.5 Å². The molecule has 1 aliphatic rings. The van der Waals surface area contributed by atoms with Crippen LogP contribution in [-0.2, 0) is 5.41 Å². The fourth-order valence-corrected chi connectivity index (χ4v) is 8.55. The molecule has 0 amide bonds. The lowest BCUT2D eigenvalue weighted by molar-refractivity contribution is 0.632. The van der Waals surface area contributed by atoms with Crippen molar-refractivity contribution < 1.29 is 0 Å². The van der Waals surface area contributed by atoms with E-state index in [0.29, 0.717) is 11.9 Å². The summed E-state index contributed by atoms with van der Waals surface area (Å²) in [6.07, 6.45) is 0. The molecule has 6 nitrogen and oxygen atoms in total. The molecule has 0 saturated carbocycles. The molecule has 260 valence electrons. The van der Waals surface area contributed by atoms with E-state index in [9.17, 15) is 0 Å². The second-order valence-electron chi connectivity index (χ2n) is 14.7. The molecule has 3 aromatic heterocycles. The molecule has 0 spiro atoms. The summed E-state index contributed by atoms with van der Waals surface area (Å²) in [4.78, 5) is 23.6. The summed E-state index contributed by atoms with van der Waals surface area (Å²) in [6, 6.07) is 59.3. The van der Waals surface area contributed by atoms with Gasteiger partial charge in [0, 0.05) is 38.1 Å². The first kappa shape index (κ1) is 31.4. The summed E-state index contributed by atoms with van der Waals surface area (Å²) in [6.45, 7) is 4.64. The highest BCUT2D eigenvalue weighted by Crippen LogP contribution is 2.53. The number of hydrogen-bond donors (Lipinski definition) is 0. The van der Waals surface area contributed by atoms with Gasteiger partial charge < -0.3 is 0 Å². The highest BCUT2D eigenvalue weighted by atomic mass is 15.3. The summed E-state index contributed by atoms with van der Waals surface area (Å²) in [7, 11) is 0. The average Bonchev–Trinajstić information content (AvgIpc) is 3.56. The molecule has 0 atom stereocenters. The van der Waals surface area contributed by atoms with Crippen LogP contribution < -0.4 is 4.90 Å². The zero-order valence-electron chi connectivity index (χ0n) is 30.3. The number of aromatic nitrogens is 5. The Hall–Kier alpha value is -7.18. The number of fused-ring (bicyclic) bond motifs is 7. The van der Waals surface area contributed by atoms with Crippen molar-refractivity contribution in [1.82, 2.24) is 24.5 Å². The third-order valence-electron chi connectivity index (χ3n) is 11.2. The first-order chi connectivity index (χ1) is 27.0. The molecule has 0 unspecified atom stereocenters. The van der Waals surface area contributed by atoms with Crippen molar-refractivity contribution >= 4 is 60.9 Å². The largest absolute Gasteiger partial charge is 0.278 e. The van der Waals surface area contributed by atoms with E-state index in [1.807, 2.05) is 24.3 Å². The predicted octanol–water partition coefficient (Wildman–Crippen LogP) is 12.1. The molecular formula is C49H34N6. The Morgan fingerprint density at radius 3 is 1.60 bits per heavy atom. The lowest BCUT2D eigenvalue weighted by Crippen LogP contribution is -2.31. The van der Waals surface area contributed by atoms with Crippen LogP contribution in [0.15, 0.2) is 170 Å². The van der Waals surface area contributed by atoms with Crippen LogP contribution in [0.4, 0.5) is 17.3 Å². The van der Waals surface area contributed by atoms with Gasteiger partial charge in [0.15, 0.2) is 0 Å². The van der Waals surface area contributed by atoms with Crippen LogP contribution in [0.1, 0.15) is 25.0 Å². The van der Waals surface area contributed by atoms with Crippen LogP contribution in [0.3, 0.4) is 0 Å². The SMILES string of the molecule is CC1(C)c2ccccc2N(c2nc(-c3ccccc3)c3ccccc3n2)c2cc3c(cc21)c1ccccc1n3-c1nc(-c2ccccc2)c2ccccc2n1. The Morgan fingerprint density at radius 2 is 0.927 bits per heavy atom. The van der Waals surface area contributed by atoms with Gasteiger partial charge in [-0.2, -0.15) is 0 Å². The van der Waals surface area contributed by atoms with Crippen molar-refractivity contribution in [2.75, 3.05) is 4.90 Å². The quantitative estimate of drug-likeness (QED) is 0.182. The van der Waals surface area contributed by atoms with Gasteiger partial charge in [-0.1, -0.05) is 147 Å². The van der Waals surface area contributed by atoms with Gasteiger partial charge >= 0.3 is 0 Å². The Labute approximate surface area is 318 Å². The molecule has 0 N–H and O–H groups in total. The second-order valence-corrected chi connectivity index (χ2v) is 14.7. The van der Waals surface area contributed by atoms with E-state index >= 15 is 0 Å². The zero-order chi connectivity index (χ0) is 36.7. The van der Waals surface area contributed by atoms with Gasteiger partial charge in [-0.25, -0.2) is 19.9 Å². The van der Waals surface area contributed by atoms with E-state index in [4.69, 9.17) is 19.9 Å². The minimum absolute atomic E-state index is 0.321. The molecule has 0 aliphatic carbocycles. The molecule has 0 saturated heterocycles. The number of hydrogen-bond acceptors (Lipinski definition) is 5. The van der Waals surface area contributed by atoms with Crippen LogP contribution in [0, 0.1) is 0 Å². The summed E-state index contributed by atoms with van der Waals surface area (Å²) < 4.78 is 2.23. The fourth-order valence-electron chi connectivity index (χ4n) is 8.55. The van der Waals surface area contributed by atoms with Crippen molar-refractivity contribution in [3.05, 3.63) is 181 Å². The number of benzene rings is 7. The molecule has 6 heteroatoms. The summed E-state index contributed by atoms with van der Waals surface area (Å²) in [5.41, 5.74) is 11.9. The van der Waals surface area contributed by atoms with E-state index in [1.165, 1.54) is 11.1 Å². The van der Waals surface area contributed by atoms with Gasteiger partial charge in [0.25, 0.3) is 0 Å². The van der Waals surface area contributed by atoms with Gasteiger partial charge in [-0.3, -0.25) is 9.47 Å². The van der Waals surface area contributed by atoms with Crippen molar-refractivity contribution in [3.63, 3.8) is 0 Å². The molecule has 1 aliphatic heterocycles. The number of nitrogens with zero attached hydrogens (tertiary/aromatic N) is 6. The van der Waals surface area contributed by atoms with Crippen molar-refractivity contribution in [2.45, 2.75) is 19.3 Å². The van der Waals surface area contributed by atoms with Crippen LogP contribution >= 0.6 is 0 Å². The van der Waals surface area contributed by atoms with E-state index in [2.05, 4.69) is 169 Å². The Morgan fingerprint density at radius 1 is 0.400 bits per heavy atom. The monoisotopic (exact) mass is 706 g/mol. The molecule has 0 fully saturated rings. The molecular weight excluding hydrogens is 673 g/mol. The van der Waals surface area contributed by atoms with Gasteiger partial charge in [-0.15, -0.1) is 0 Å².